The molecule has 19 heavy (non-hydrogen) atoms. The van der Waals surface area contributed by atoms with Gasteiger partial charge >= 0.3 is 0 Å². The fraction of sp³-hybridized carbons (Fsp3) is 0.562. The molecular weight excluding hydrogens is 236 g/mol. The molecule has 0 fully saturated rings. The van der Waals surface area contributed by atoms with E-state index in [0.717, 1.165) is 25.8 Å². The molecule has 0 unspecified atom stereocenters. The maximum Gasteiger partial charge on any atom is 0.234 e. The van der Waals surface area contributed by atoms with Gasteiger partial charge in [0.15, 0.2) is 0 Å². The van der Waals surface area contributed by atoms with Gasteiger partial charge in [-0.25, -0.2) is 0 Å². The summed E-state index contributed by atoms with van der Waals surface area (Å²) in [5.41, 5.74) is 1.15. The standard InChI is InChI=1S/C16H26N2O/c1-4-12-17-13-15(19)18-16(2,3)11-10-14-8-6-5-7-9-14/h5-9,17H,4,10-13H2,1-3H3,(H,18,19). The first-order valence-corrected chi connectivity index (χ1v) is 7.09. The van der Waals surface area contributed by atoms with E-state index in [1.807, 2.05) is 6.07 Å². The van der Waals surface area contributed by atoms with Crippen molar-refractivity contribution in [3.63, 3.8) is 0 Å². The van der Waals surface area contributed by atoms with Gasteiger partial charge in [0.25, 0.3) is 0 Å². The highest BCUT2D eigenvalue weighted by atomic mass is 16.2. The Kier molecular flexibility index (Phi) is 6.57. The molecule has 3 heteroatoms. The van der Waals surface area contributed by atoms with Crippen LogP contribution in [0, 0.1) is 0 Å². The topological polar surface area (TPSA) is 41.1 Å². The lowest BCUT2D eigenvalue weighted by molar-refractivity contribution is -0.121. The molecule has 0 bridgehead atoms. The van der Waals surface area contributed by atoms with Crippen LogP contribution in [0.25, 0.3) is 0 Å². The van der Waals surface area contributed by atoms with Crippen LogP contribution in [-0.4, -0.2) is 24.5 Å². The highest BCUT2D eigenvalue weighted by Crippen LogP contribution is 2.13. The molecule has 0 aromatic heterocycles. The molecule has 1 aromatic carbocycles. The van der Waals surface area contributed by atoms with Crippen LogP contribution < -0.4 is 10.6 Å². The number of rotatable bonds is 8. The summed E-state index contributed by atoms with van der Waals surface area (Å²) < 4.78 is 0. The molecule has 1 aromatic rings. The predicted molar refractivity (Wildman–Crippen MR) is 80.1 cm³/mol. The minimum atomic E-state index is -0.166. The second kappa shape index (κ2) is 7.95. The number of amides is 1. The molecular formula is C16H26N2O. The number of nitrogens with one attached hydrogen (secondary N) is 2. The number of carbonyl (C=O) groups excluding carboxylic acids is 1. The molecule has 0 aliphatic rings. The average molecular weight is 262 g/mol. The van der Waals surface area contributed by atoms with Gasteiger partial charge in [-0.1, -0.05) is 37.3 Å². The van der Waals surface area contributed by atoms with Crippen LogP contribution >= 0.6 is 0 Å². The lowest BCUT2D eigenvalue weighted by atomic mass is 9.95. The maximum atomic E-state index is 11.8. The van der Waals surface area contributed by atoms with Crippen LogP contribution in [-0.2, 0) is 11.2 Å². The molecule has 0 atom stereocenters. The van der Waals surface area contributed by atoms with Gasteiger partial charge in [0.2, 0.25) is 5.91 Å². The van der Waals surface area contributed by atoms with E-state index in [1.54, 1.807) is 0 Å². The van der Waals surface area contributed by atoms with Crippen molar-refractivity contribution in [2.75, 3.05) is 13.1 Å². The number of hydrogen-bond donors (Lipinski definition) is 2. The van der Waals surface area contributed by atoms with Gasteiger partial charge in [-0.2, -0.15) is 0 Å². The zero-order chi connectivity index (χ0) is 14.1. The fourth-order valence-electron chi connectivity index (χ4n) is 1.96. The van der Waals surface area contributed by atoms with E-state index in [4.69, 9.17) is 0 Å². The molecule has 106 valence electrons. The Bertz CT molecular complexity index is 374. The van der Waals surface area contributed by atoms with E-state index in [2.05, 4.69) is 55.7 Å². The molecule has 0 spiro atoms. The number of benzene rings is 1. The second-order valence-electron chi connectivity index (χ2n) is 5.59. The van der Waals surface area contributed by atoms with E-state index in [0.29, 0.717) is 6.54 Å². The minimum Gasteiger partial charge on any atom is -0.350 e. The predicted octanol–water partition coefficient (Wildman–Crippen LogP) is 2.51. The van der Waals surface area contributed by atoms with Crippen molar-refractivity contribution in [2.45, 2.75) is 45.6 Å². The summed E-state index contributed by atoms with van der Waals surface area (Å²) >= 11 is 0. The zero-order valence-electron chi connectivity index (χ0n) is 12.3. The van der Waals surface area contributed by atoms with Crippen molar-refractivity contribution in [2.24, 2.45) is 0 Å². The molecule has 0 radical (unpaired) electrons. The summed E-state index contributed by atoms with van der Waals surface area (Å²) in [5.74, 6) is 0.0755. The highest BCUT2D eigenvalue weighted by molar-refractivity contribution is 5.78. The number of carbonyl (C=O) groups is 1. The molecule has 0 saturated heterocycles. The third-order valence-electron chi connectivity index (χ3n) is 3.07. The SMILES string of the molecule is CCCNCC(=O)NC(C)(C)CCc1ccccc1. The monoisotopic (exact) mass is 262 g/mol. The third kappa shape index (κ3) is 6.97. The van der Waals surface area contributed by atoms with Crippen LogP contribution in [0.15, 0.2) is 30.3 Å². The normalized spacial score (nSPS) is 11.3. The van der Waals surface area contributed by atoms with Gasteiger partial charge in [-0.3, -0.25) is 4.79 Å². The van der Waals surface area contributed by atoms with Gasteiger partial charge in [-0.15, -0.1) is 0 Å². The first-order chi connectivity index (χ1) is 9.03. The zero-order valence-corrected chi connectivity index (χ0v) is 12.3. The van der Waals surface area contributed by atoms with Crippen LogP contribution in [0.4, 0.5) is 0 Å². The van der Waals surface area contributed by atoms with E-state index in [-0.39, 0.29) is 11.4 Å². The van der Waals surface area contributed by atoms with Crippen molar-refractivity contribution in [1.29, 1.82) is 0 Å². The minimum absolute atomic E-state index is 0.0755. The van der Waals surface area contributed by atoms with Crippen LogP contribution in [0.5, 0.6) is 0 Å². The van der Waals surface area contributed by atoms with Crippen molar-refractivity contribution in [3.8, 4) is 0 Å². The Hall–Kier alpha value is -1.35. The summed E-state index contributed by atoms with van der Waals surface area (Å²) in [4.78, 5) is 11.8. The van der Waals surface area contributed by atoms with Crippen molar-refractivity contribution in [3.05, 3.63) is 35.9 Å². The molecule has 2 N–H and O–H groups in total. The quantitative estimate of drug-likeness (QED) is 0.707. The van der Waals surface area contributed by atoms with Gasteiger partial charge in [0.05, 0.1) is 6.54 Å². The summed E-state index contributed by atoms with van der Waals surface area (Å²) in [6.45, 7) is 7.54. The lowest BCUT2D eigenvalue weighted by Gasteiger charge is -2.26. The van der Waals surface area contributed by atoms with Gasteiger partial charge in [0.1, 0.15) is 0 Å². The van der Waals surface area contributed by atoms with Crippen molar-refractivity contribution >= 4 is 5.91 Å². The van der Waals surface area contributed by atoms with Gasteiger partial charge < -0.3 is 10.6 Å². The Morgan fingerprint density at radius 2 is 1.89 bits per heavy atom. The highest BCUT2D eigenvalue weighted by Gasteiger charge is 2.19. The van der Waals surface area contributed by atoms with E-state index in [1.165, 1.54) is 5.56 Å². The van der Waals surface area contributed by atoms with Gasteiger partial charge in [0, 0.05) is 5.54 Å². The smallest absolute Gasteiger partial charge is 0.234 e. The molecule has 1 amide bonds. The van der Waals surface area contributed by atoms with Crippen molar-refractivity contribution in [1.82, 2.24) is 10.6 Å². The van der Waals surface area contributed by atoms with Crippen molar-refractivity contribution < 1.29 is 4.79 Å². The first kappa shape index (κ1) is 15.7. The van der Waals surface area contributed by atoms with Crippen LogP contribution in [0.3, 0.4) is 0 Å². The molecule has 1 rings (SSSR count). The first-order valence-electron chi connectivity index (χ1n) is 7.09. The van der Waals surface area contributed by atoms with Crippen LogP contribution in [0.1, 0.15) is 39.2 Å². The fourth-order valence-corrected chi connectivity index (χ4v) is 1.96. The Labute approximate surface area is 116 Å². The molecule has 0 aliphatic heterocycles. The largest absolute Gasteiger partial charge is 0.350 e. The summed E-state index contributed by atoms with van der Waals surface area (Å²) in [7, 11) is 0. The van der Waals surface area contributed by atoms with E-state index < -0.39 is 0 Å². The average Bonchev–Trinajstić information content (AvgIpc) is 2.37. The molecule has 0 heterocycles. The van der Waals surface area contributed by atoms with E-state index >= 15 is 0 Å². The lowest BCUT2D eigenvalue weighted by Crippen LogP contribution is -2.47. The molecule has 3 nitrogen and oxygen atoms in total. The van der Waals surface area contributed by atoms with Gasteiger partial charge in [-0.05, 0) is 45.2 Å². The third-order valence-corrected chi connectivity index (χ3v) is 3.07. The number of aryl methyl sites for hydroxylation is 1. The Balaban J connectivity index is 2.32. The Morgan fingerprint density at radius 1 is 1.21 bits per heavy atom. The van der Waals surface area contributed by atoms with Crippen LogP contribution in [0.2, 0.25) is 0 Å². The summed E-state index contributed by atoms with van der Waals surface area (Å²) in [6, 6.07) is 10.4. The second-order valence-corrected chi connectivity index (χ2v) is 5.59. The maximum absolute atomic E-state index is 11.8. The molecule has 0 aliphatic carbocycles. The van der Waals surface area contributed by atoms with E-state index in [9.17, 15) is 4.79 Å². The number of hydrogen-bond acceptors (Lipinski definition) is 2. The summed E-state index contributed by atoms with van der Waals surface area (Å²) in [5, 5.41) is 6.20. The summed E-state index contributed by atoms with van der Waals surface area (Å²) in [6.07, 6.45) is 2.97. The Morgan fingerprint density at radius 3 is 2.53 bits per heavy atom. The molecule has 0 saturated carbocycles.